The van der Waals surface area contributed by atoms with Gasteiger partial charge in [0.25, 0.3) is 0 Å². The fourth-order valence-electron chi connectivity index (χ4n) is 12.4. The molecule has 6 saturated carbocycles. The molecule has 6 aliphatic rings. The van der Waals surface area contributed by atoms with Crippen molar-refractivity contribution in [2.45, 2.75) is 131 Å². The molecule has 0 aromatic carbocycles. The van der Waals surface area contributed by atoms with Crippen molar-refractivity contribution in [3.8, 4) is 0 Å². The molecule has 1 heteroatoms. The smallest absolute Gasteiger partial charge is 0.0738 e. The SMILES string of the molecule is CC1(C)CCCC2(C)C(CBCC3C4CCC45CC(C)(C)CCCC35C)C3CCC32C1. The van der Waals surface area contributed by atoms with Crippen molar-refractivity contribution in [1.29, 1.82) is 0 Å². The van der Waals surface area contributed by atoms with Gasteiger partial charge in [0.15, 0.2) is 0 Å². The van der Waals surface area contributed by atoms with E-state index in [0.29, 0.717) is 21.7 Å². The summed E-state index contributed by atoms with van der Waals surface area (Å²) in [6, 6.07) is 0. The van der Waals surface area contributed by atoms with Crippen LogP contribution in [0.1, 0.15) is 119 Å². The first-order valence-corrected chi connectivity index (χ1v) is 14.5. The fraction of sp³-hybridized carbons (Fsp3) is 1.00. The standard InChI is InChI=1S/C30H51B/c1-25(2)11-7-13-27(5)23(21-9-15-29(21,27)19-25)17-31-18-24-22-10-16-30(22)20-26(3,4)12-8-14-28(24,30)6/h21-24,31H,7-20H2,1-6H3. The van der Waals surface area contributed by atoms with Gasteiger partial charge in [-0.1, -0.05) is 67.0 Å². The Morgan fingerprint density at radius 1 is 0.581 bits per heavy atom. The van der Waals surface area contributed by atoms with Crippen molar-refractivity contribution in [3.63, 3.8) is 0 Å². The van der Waals surface area contributed by atoms with Gasteiger partial charge in [-0.3, -0.25) is 0 Å². The Balaban J connectivity index is 1.12. The minimum absolute atomic E-state index is 0.600. The molecule has 0 nitrogen and oxygen atoms in total. The molecule has 0 amide bonds. The molecule has 8 atom stereocenters. The van der Waals surface area contributed by atoms with Gasteiger partial charge in [0.1, 0.15) is 7.28 Å². The Morgan fingerprint density at radius 3 is 1.35 bits per heavy atom. The lowest BCUT2D eigenvalue weighted by atomic mass is 9.25. The monoisotopic (exact) mass is 422 g/mol. The molecule has 0 saturated heterocycles. The zero-order valence-corrected chi connectivity index (χ0v) is 21.9. The molecule has 0 bridgehead atoms. The van der Waals surface area contributed by atoms with E-state index < -0.39 is 0 Å². The third-order valence-corrected chi connectivity index (χ3v) is 13.8. The summed E-state index contributed by atoms with van der Waals surface area (Å²) >= 11 is 0. The molecule has 0 aromatic heterocycles. The highest BCUT2D eigenvalue weighted by Crippen LogP contribution is 2.82. The van der Waals surface area contributed by atoms with Crippen molar-refractivity contribution >= 4 is 7.28 Å². The van der Waals surface area contributed by atoms with Crippen LogP contribution in [-0.4, -0.2) is 7.28 Å². The van der Waals surface area contributed by atoms with Gasteiger partial charge in [0, 0.05) is 0 Å². The van der Waals surface area contributed by atoms with E-state index in [0.717, 1.165) is 34.5 Å². The van der Waals surface area contributed by atoms with Crippen LogP contribution in [-0.2, 0) is 0 Å². The summed E-state index contributed by atoms with van der Waals surface area (Å²) in [7, 11) is 1.55. The third kappa shape index (κ3) is 2.57. The van der Waals surface area contributed by atoms with Crippen LogP contribution in [0.25, 0.3) is 0 Å². The first kappa shape index (κ1) is 21.6. The molecule has 6 rings (SSSR count). The second kappa shape index (κ2) is 6.39. The lowest BCUT2D eigenvalue weighted by molar-refractivity contribution is -0.272. The van der Waals surface area contributed by atoms with E-state index in [9.17, 15) is 0 Å². The van der Waals surface area contributed by atoms with E-state index >= 15 is 0 Å². The Labute approximate surface area is 194 Å². The Morgan fingerprint density at radius 2 is 1.00 bits per heavy atom. The average Bonchev–Trinajstić information content (AvgIpc) is 2.83. The number of hydrogen-bond acceptors (Lipinski definition) is 0. The van der Waals surface area contributed by atoms with Crippen LogP contribution in [0.5, 0.6) is 0 Å². The molecular weight excluding hydrogens is 371 g/mol. The second-order valence-corrected chi connectivity index (χ2v) is 16.0. The van der Waals surface area contributed by atoms with E-state index in [4.69, 9.17) is 0 Å². The minimum atomic E-state index is 0.600. The van der Waals surface area contributed by atoms with E-state index in [1.54, 1.807) is 71.3 Å². The molecule has 0 heterocycles. The van der Waals surface area contributed by atoms with Crippen molar-refractivity contribution in [3.05, 3.63) is 0 Å². The summed E-state index contributed by atoms with van der Waals surface area (Å²) in [5, 5.41) is 0. The maximum Gasteiger partial charge on any atom is 0.121 e. The molecule has 0 aromatic rings. The molecular formula is C30H51B. The van der Waals surface area contributed by atoms with Gasteiger partial charge in [0.2, 0.25) is 0 Å². The summed E-state index contributed by atoms with van der Waals surface area (Å²) < 4.78 is 0. The number of hydrogen-bond donors (Lipinski definition) is 0. The molecule has 2 spiro atoms. The lowest BCUT2D eigenvalue weighted by Crippen LogP contribution is -2.70. The van der Waals surface area contributed by atoms with Gasteiger partial charge in [-0.05, 0) is 120 Å². The first-order chi connectivity index (χ1) is 14.5. The third-order valence-electron chi connectivity index (χ3n) is 13.8. The summed E-state index contributed by atoms with van der Waals surface area (Å²) in [4.78, 5) is 0. The molecule has 0 radical (unpaired) electrons. The van der Waals surface area contributed by atoms with Crippen LogP contribution in [0.3, 0.4) is 0 Å². The van der Waals surface area contributed by atoms with Crippen molar-refractivity contribution < 1.29 is 0 Å². The predicted molar refractivity (Wildman–Crippen MR) is 135 cm³/mol. The first-order valence-electron chi connectivity index (χ1n) is 14.5. The highest BCUT2D eigenvalue weighted by Gasteiger charge is 2.74. The predicted octanol–water partition coefficient (Wildman–Crippen LogP) is 8.52. The molecule has 0 N–H and O–H groups in total. The zero-order valence-electron chi connectivity index (χ0n) is 21.9. The molecule has 174 valence electrons. The second-order valence-electron chi connectivity index (χ2n) is 16.0. The van der Waals surface area contributed by atoms with Crippen LogP contribution >= 0.6 is 0 Å². The Bertz CT molecular complexity index is 690. The molecule has 31 heavy (non-hydrogen) atoms. The Hall–Kier alpha value is 0.0649. The largest absolute Gasteiger partial charge is 0.121 e. The number of rotatable bonds is 4. The van der Waals surface area contributed by atoms with Gasteiger partial charge in [-0.2, -0.15) is 0 Å². The van der Waals surface area contributed by atoms with Crippen LogP contribution < -0.4 is 0 Å². The van der Waals surface area contributed by atoms with Crippen LogP contribution in [0.15, 0.2) is 0 Å². The topological polar surface area (TPSA) is 0 Å². The van der Waals surface area contributed by atoms with Gasteiger partial charge in [-0.15, -0.1) is 0 Å². The highest BCUT2D eigenvalue weighted by atomic mass is 14.8. The fourth-order valence-corrected chi connectivity index (χ4v) is 12.4. The Kier molecular flexibility index (Phi) is 4.45. The quantitative estimate of drug-likeness (QED) is 0.398. The summed E-state index contributed by atoms with van der Waals surface area (Å²) in [6.45, 7) is 15.8. The van der Waals surface area contributed by atoms with E-state index in [-0.39, 0.29) is 0 Å². The maximum absolute atomic E-state index is 2.75. The summed E-state index contributed by atoms with van der Waals surface area (Å²) in [5.41, 5.74) is 4.11. The van der Waals surface area contributed by atoms with Crippen LogP contribution in [0.2, 0.25) is 12.6 Å². The normalized spacial score (nSPS) is 55.8. The van der Waals surface area contributed by atoms with Crippen molar-refractivity contribution in [1.82, 2.24) is 0 Å². The van der Waals surface area contributed by atoms with Gasteiger partial charge >= 0.3 is 0 Å². The summed E-state index contributed by atoms with van der Waals surface area (Å²) in [5.74, 6) is 4.35. The highest BCUT2D eigenvalue weighted by molar-refractivity contribution is 6.35. The van der Waals surface area contributed by atoms with E-state index in [1.807, 2.05) is 0 Å². The molecule has 0 aliphatic heterocycles. The average molecular weight is 423 g/mol. The van der Waals surface area contributed by atoms with Gasteiger partial charge < -0.3 is 0 Å². The van der Waals surface area contributed by atoms with Crippen molar-refractivity contribution in [2.24, 2.45) is 56.2 Å². The molecule has 6 fully saturated rings. The van der Waals surface area contributed by atoms with Crippen LogP contribution in [0.4, 0.5) is 0 Å². The molecule has 8 unspecified atom stereocenters. The lowest BCUT2D eigenvalue weighted by Gasteiger charge is -2.77. The zero-order chi connectivity index (χ0) is 21.9. The van der Waals surface area contributed by atoms with Gasteiger partial charge in [0.05, 0.1) is 0 Å². The van der Waals surface area contributed by atoms with E-state index in [2.05, 4.69) is 41.5 Å². The summed E-state index contributed by atoms with van der Waals surface area (Å²) in [6.07, 6.45) is 21.5. The minimum Gasteiger partial charge on any atom is -0.0738 e. The van der Waals surface area contributed by atoms with Crippen LogP contribution in [0, 0.1) is 56.2 Å². The maximum atomic E-state index is 2.75. The molecule has 6 aliphatic carbocycles. The van der Waals surface area contributed by atoms with E-state index in [1.165, 1.54) is 25.7 Å². The van der Waals surface area contributed by atoms with Crippen molar-refractivity contribution in [2.75, 3.05) is 0 Å². The van der Waals surface area contributed by atoms with Gasteiger partial charge in [-0.25, -0.2) is 0 Å².